The summed E-state index contributed by atoms with van der Waals surface area (Å²) in [5, 5.41) is -0.0354. The van der Waals surface area contributed by atoms with Crippen LogP contribution in [0.5, 0.6) is 0 Å². The summed E-state index contributed by atoms with van der Waals surface area (Å²) in [5.41, 5.74) is -0.325. The summed E-state index contributed by atoms with van der Waals surface area (Å²) in [6.07, 6.45) is -7.65. The molecule has 9 heteroatoms. The molecule has 0 amide bonds. The maximum atomic E-state index is 12.7. The van der Waals surface area contributed by atoms with Crippen molar-refractivity contribution in [3.05, 3.63) is 33.8 Å². The Morgan fingerprint density at radius 2 is 1.40 bits per heavy atom. The van der Waals surface area contributed by atoms with Gasteiger partial charge in [-0.05, 0) is 18.2 Å². The Morgan fingerprint density at radius 1 is 0.950 bits per heavy atom. The lowest BCUT2D eigenvalue weighted by molar-refractivity contribution is -0.268. The molecule has 0 N–H and O–H groups in total. The van der Waals surface area contributed by atoms with Crippen molar-refractivity contribution in [1.82, 2.24) is 0 Å². The van der Waals surface area contributed by atoms with E-state index >= 15 is 0 Å². The lowest BCUT2D eigenvalue weighted by Crippen LogP contribution is -2.44. The molecule has 1 rings (SSSR count). The molecule has 0 aromatic heterocycles. The van der Waals surface area contributed by atoms with Crippen LogP contribution in [0.2, 0.25) is 10.0 Å². The molecule has 0 atom stereocenters. The average Bonchev–Trinajstić information content (AvgIpc) is 2.25. The predicted molar refractivity (Wildman–Crippen MR) is 61.4 cm³/mol. The Hall–Kier alpha value is -1.21. The molecule has 0 heterocycles. The smallest absolute Gasteiger partial charge is 0.294 e. The molecule has 110 valence electrons. The lowest BCUT2D eigenvalue weighted by Gasteiger charge is -2.17. The highest BCUT2D eigenvalue weighted by Crippen LogP contribution is 2.37. The molecule has 0 bridgehead atoms. The van der Waals surface area contributed by atoms with E-state index in [9.17, 15) is 31.5 Å². The number of Topliss-reactive ketones (excluding diaryl/α,β-unsaturated/α-hetero) is 2. The second-order valence-electron chi connectivity index (χ2n) is 3.75. The fraction of sp³-hybridized carbons (Fsp3) is 0.273. The van der Waals surface area contributed by atoms with Crippen molar-refractivity contribution in [2.45, 2.75) is 18.5 Å². The molecule has 0 aliphatic rings. The zero-order chi connectivity index (χ0) is 15.7. The fourth-order valence-corrected chi connectivity index (χ4v) is 1.76. The summed E-state index contributed by atoms with van der Waals surface area (Å²) in [7, 11) is 0. The SMILES string of the molecule is O=C(CC(=O)C(F)(F)C(F)(F)F)c1cc(Cl)cc(Cl)c1. The minimum Gasteiger partial charge on any atom is -0.294 e. The van der Waals surface area contributed by atoms with Crippen molar-refractivity contribution >= 4 is 34.8 Å². The van der Waals surface area contributed by atoms with E-state index in [-0.39, 0.29) is 15.6 Å². The van der Waals surface area contributed by atoms with Crippen molar-refractivity contribution in [3.8, 4) is 0 Å². The summed E-state index contributed by atoms with van der Waals surface area (Å²) < 4.78 is 61.2. The van der Waals surface area contributed by atoms with Crippen molar-refractivity contribution in [3.63, 3.8) is 0 Å². The Bertz CT molecular complexity index is 534. The Morgan fingerprint density at radius 3 is 1.80 bits per heavy atom. The zero-order valence-corrected chi connectivity index (χ0v) is 10.9. The summed E-state index contributed by atoms with van der Waals surface area (Å²) >= 11 is 11.1. The topological polar surface area (TPSA) is 34.1 Å². The largest absolute Gasteiger partial charge is 0.461 e. The van der Waals surface area contributed by atoms with Crippen LogP contribution in [0.1, 0.15) is 16.8 Å². The summed E-state index contributed by atoms with van der Waals surface area (Å²) in [4.78, 5) is 22.4. The van der Waals surface area contributed by atoms with Gasteiger partial charge in [0.15, 0.2) is 5.78 Å². The first-order chi connectivity index (χ1) is 8.95. The number of hydrogen-bond acceptors (Lipinski definition) is 2. The fourth-order valence-electron chi connectivity index (χ4n) is 1.23. The molecule has 0 radical (unpaired) electrons. The van der Waals surface area contributed by atoms with E-state index in [4.69, 9.17) is 23.2 Å². The molecule has 0 aliphatic carbocycles. The van der Waals surface area contributed by atoms with E-state index < -0.39 is 30.1 Å². The number of benzene rings is 1. The van der Waals surface area contributed by atoms with Crippen molar-refractivity contribution in [1.29, 1.82) is 0 Å². The minimum absolute atomic E-state index is 0.0177. The lowest BCUT2D eigenvalue weighted by atomic mass is 10.0. The number of halogens is 7. The molecular weight excluding hydrogens is 330 g/mol. The van der Waals surface area contributed by atoms with Crippen molar-refractivity contribution in [2.75, 3.05) is 0 Å². The molecule has 1 aromatic carbocycles. The maximum Gasteiger partial charge on any atom is 0.461 e. The van der Waals surface area contributed by atoms with Gasteiger partial charge in [-0.2, -0.15) is 22.0 Å². The standard InChI is InChI=1S/C11H5Cl2F5O2/c12-6-1-5(2-7(13)3-6)8(19)4-9(20)10(14,15)11(16,17)18/h1-3H,4H2. The number of ketones is 2. The Balaban J connectivity index is 2.94. The van der Waals surface area contributed by atoms with Gasteiger partial charge in [-0.3, -0.25) is 9.59 Å². The first kappa shape index (κ1) is 16.8. The number of carbonyl (C=O) groups is 2. The van der Waals surface area contributed by atoms with Gasteiger partial charge in [0.2, 0.25) is 5.78 Å². The summed E-state index contributed by atoms with van der Waals surface area (Å²) in [6, 6.07) is 3.25. The highest BCUT2D eigenvalue weighted by atomic mass is 35.5. The van der Waals surface area contributed by atoms with Gasteiger partial charge < -0.3 is 0 Å². The molecule has 0 spiro atoms. The van der Waals surface area contributed by atoms with Crippen LogP contribution in [0.4, 0.5) is 22.0 Å². The minimum atomic E-state index is -6.05. The quantitative estimate of drug-likeness (QED) is 0.466. The van der Waals surface area contributed by atoms with Crippen LogP contribution in [0.25, 0.3) is 0 Å². The van der Waals surface area contributed by atoms with E-state index in [2.05, 4.69) is 0 Å². The maximum absolute atomic E-state index is 12.7. The third-order valence-electron chi connectivity index (χ3n) is 2.21. The van der Waals surface area contributed by atoms with Crippen LogP contribution in [0.15, 0.2) is 18.2 Å². The second-order valence-corrected chi connectivity index (χ2v) is 4.63. The van der Waals surface area contributed by atoms with Crippen LogP contribution < -0.4 is 0 Å². The van der Waals surface area contributed by atoms with Gasteiger partial charge in [0, 0.05) is 15.6 Å². The third-order valence-corrected chi connectivity index (χ3v) is 2.65. The molecule has 2 nitrogen and oxygen atoms in total. The second kappa shape index (κ2) is 5.65. The number of rotatable bonds is 4. The van der Waals surface area contributed by atoms with Crippen molar-refractivity contribution < 1.29 is 31.5 Å². The van der Waals surface area contributed by atoms with E-state index in [0.29, 0.717) is 0 Å². The third kappa shape index (κ3) is 3.67. The Kier molecular flexibility index (Phi) is 4.76. The van der Waals surface area contributed by atoms with Crippen molar-refractivity contribution in [2.24, 2.45) is 0 Å². The molecule has 0 saturated carbocycles. The number of carbonyl (C=O) groups excluding carboxylic acids is 2. The highest BCUT2D eigenvalue weighted by molar-refractivity contribution is 6.35. The van der Waals surface area contributed by atoms with Gasteiger partial charge in [-0.15, -0.1) is 0 Å². The van der Waals surface area contributed by atoms with Crippen LogP contribution in [-0.2, 0) is 4.79 Å². The molecule has 0 aliphatic heterocycles. The predicted octanol–water partition coefficient (Wildman–Crippen LogP) is 4.33. The summed E-state index contributed by atoms with van der Waals surface area (Å²) in [6.45, 7) is 0. The molecule has 0 fully saturated rings. The zero-order valence-electron chi connectivity index (χ0n) is 9.40. The van der Waals surface area contributed by atoms with E-state index in [1.165, 1.54) is 6.07 Å². The first-order valence-corrected chi connectivity index (χ1v) is 5.68. The van der Waals surface area contributed by atoms with Gasteiger partial charge >= 0.3 is 12.1 Å². The normalized spacial score (nSPS) is 12.3. The van der Waals surface area contributed by atoms with Gasteiger partial charge in [0.1, 0.15) is 0 Å². The Labute approximate surface area is 119 Å². The number of alkyl halides is 5. The molecule has 0 unspecified atom stereocenters. The van der Waals surface area contributed by atoms with Crippen LogP contribution in [0.3, 0.4) is 0 Å². The van der Waals surface area contributed by atoms with Gasteiger partial charge in [0.05, 0.1) is 6.42 Å². The number of hydrogen-bond donors (Lipinski definition) is 0. The van der Waals surface area contributed by atoms with E-state index in [1.807, 2.05) is 0 Å². The monoisotopic (exact) mass is 334 g/mol. The summed E-state index contributed by atoms with van der Waals surface area (Å²) in [5.74, 6) is -9.35. The molecule has 20 heavy (non-hydrogen) atoms. The van der Waals surface area contributed by atoms with Gasteiger partial charge in [0.25, 0.3) is 0 Å². The molecule has 0 saturated heterocycles. The van der Waals surface area contributed by atoms with E-state index in [0.717, 1.165) is 12.1 Å². The van der Waals surface area contributed by atoms with Gasteiger partial charge in [-0.1, -0.05) is 23.2 Å². The van der Waals surface area contributed by atoms with Crippen LogP contribution >= 0.6 is 23.2 Å². The van der Waals surface area contributed by atoms with Gasteiger partial charge in [-0.25, -0.2) is 0 Å². The molecule has 1 aromatic rings. The average molecular weight is 335 g/mol. The van der Waals surface area contributed by atoms with Crippen LogP contribution in [-0.4, -0.2) is 23.7 Å². The molecular formula is C11H5Cl2F5O2. The first-order valence-electron chi connectivity index (χ1n) is 4.92. The highest BCUT2D eigenvalue weighted by Gasteiger charge is 2.62. The van der Waals surface area contributed by atoms with Crippen LogP contribution in [0, 0.1) is 0 Å². The van der Waals surface area contributed by atoms with E-state index in [1.54, 1.807) is 0 Å².